The number of carbonyl (C=O) groups is 2. The Morgan fingerprint density at radius 1 is 1.24 bits per heavy atom. The number of hydrogen-bond acceptors (Lipinski definition) is 3. The highest BCUT2D eigenvalue weighted by Crippen LogP contribution is 2.37. The lowest BCUT2D eigenvalue weighted by Gasteiger charge is -2.18. The summed E-state index contributed by atoms with van der Waals surface area (Å²) >= 11 is 6.90. The quantitative estimate of drug-likeness (QED) is 0.712. The molecule has 0 radical (unpaired) electrons. The highest BCUT2D eigenvalue weighted by Gasteiger charge is 2.37. The van der Waals surface area contributed by atoms with Crippen LogP contribution in [0.2, 0.25) is 0 Å². The van der Waals surface area contributed by atoms with Crippen molar-refractivity contribution >= 4 is 49.2 Å². The van der Waals surface area contributed by atoms with Gasteiger partial charge in [-0.2, -0.15) is 5.10 Å². The van der Waals surface area contributed by atoms with Crippen LogP contribution in [0.1, 0.15) is 21.7 Å². The zero-order chi connectivity index (χ0) is 15.3. The third-order valence-electron chi connectivity index (χ3n) is 3.51. The Morgan fingerprint density at radius 2 is 1.95 bits per heavy atom. The molecule has 21 heavy (non-hydrogen) atoms. The first kappa shape index (κ1) is 14.5. The molecule has 1 aliphatic heterocycles. The van der Waals surface area contributed by atoms with E-state index in [4.69, 9.17) is 0 Å². The van der Waals surface area contributed by atoms with Gasteiger partial charge in [-0.3, -0.25) is 19.2 Å². The predicted octanol–water partition coefficient (Wildman–Crippen LogP) is 2.98. The number of Topliss-reactive ketones (excluding diaryl/α,β-unsaturated/α-hetero) is 1. The van der Waals surface area contributed by atoms with Gasteiger partial charge < -0.3 is 0 Å². The molecule has 0 unspecified atom stereocenters. The molecule has 2 heterocycles. The molecular weight excluding hydrogens is 402 g/mol. The summed E-state index contributed by atoms with van der Waals surface area (Å²) in [5.41, 5.74) is 2.75. The summed E-state index contributed by atoms with van der Waals surface area (Å²) in [4.78, 5) is 25.8. The number of benzene rings is 1. The maximum Gasteiger partial charge on any atom is 0.299 e. The number of amides is 1. The van der Waals surface area contributed by atoms with E-state index < -0.39 is 11.7 Å². The van der Waals surface area contributed by atoms with E-state index in [2.05, 4.69) is 37.0 Å². The standard InChI is InChI=1S/C14H11Br2N3O2/c1-7-11(16)10(18(2)17-7)6-19-12-8(13(20)14(19)21)4-3-5-9(12)15/h3-5H,6H2,1-2H3. The molecule has 0 fully saturated rings. The second kappa shape index (κ2) is 5.06. The van der Waals surface area contributed by atoms with Crippen LogP contribution in [0.4, 0.5) is 5.69 Å². The van der Waals surface area contributed by atoms with Crippen LogP contribution in [0.15, 0.2) is 27.1 Å². The van der Waals surface area contributed by atoms with E-state index >= 15 is 0 Å². The molecule has 1 amide bonds. The molecule has 0 saturated carbocycles. The molecular formula is C14H11Br2N3O2. The molecule has 0 aliphatic carbocycles. The Morgan fingerprint density at radius 3 is 2.57 bits per heavy atom. The minimum Gasteiger partial charge on any atom is -0.298 e. The van der Waals surface area contributed by atoms with Crippen LogP contribution in [0.3, 0.4) is 0 Å². The fraction of sp³-hybridized carbons (Fsp3) is 0.214. The number of aryl methyl sites for hydroxylation is 2. The Kier molecular flexibility index (Phi) is 3.49. The molecule has 2 aromatic rings. The Bertz CT molecular complexity index is 783. The van der Waals surface area contributed by atoms with E-state index in [9.17, 15) is 9.59 Å². The number of anilines is 1. The third kappa shape index (κ3) is 2.15. The smallest absolute Gasteiger partial charge is 0.298 e. The van der Waals surface area contributed by atoms with Crippen molar-refractivity contribution in [2.75, 3.05) is 4.90 Å². The Hall–Kier alpha value is -1.47. The monoisotopic (exact) mass is 411 g/mol. The highest BCUT2D eigenvalue weighted by atomic mass is 79.9. The molecule has 0 N–H and O–H groups in total. The van der Waals surface area contributed by atoms with Crippen molar-refractivity contribution in [3.63, 3.8) is 0 Å². The van der Waals surface area contributed by atoms with Crippen LogP contribution in [0.25, 0.3) is 0 Å². The van der Waals surface area contributed by atoms with Gasteiger partial charge in [0.05, 0.1) is 33.7 Å². The minimum absolute atomic E-state index is 0.290. The molecule has 3 rings (SSSR count). The van der Waals surface area contributed by atoms with Crippen molar-refractivity contribution in [2.24, 2.45) is 7.05 Å². The molecule has 0 saturated heterocycles. The van der Waals surface area contributed by atoms with Crippen molar-refractivity contribution in [3.05, 3.63) is 44.1 Å². The second-order valence-electron chi connectivity index (χ2n) is 4.83. The fourth-order valence-corrected chi connectivity index (χ4v) is 3.51. The average Bonchev–Trinajstić information content (AvgIpc) is 2.83. The Labute approximate surface area is 138 Å². The zero-order valence-electron chi connectivity index (χ0n) is 11.4. The fourth-order valence-electron chi connectivity index (χ4n) is 2.46. The number of rotatable bonds is 2. The summed E-state index contributed by atoms with van der Waals surface area (Å²) < 4.78 is 3.30. The molecule has 0 spiro atoms. The van der Waals surface area contributed by atoms with Crippen LogP contribution in [-0.2, 0) is 18.4 Å². The number of para-hydroxylation sites is 1. The number of ketones is 1. The van der Waals surface area contributed by atoms with Crippen molar-refractivity contribution in [1.29, 1.82) is 0 Å². The van der Waals surface area contributed by atoms with Gasteiger partial charge in [-0.1, -0.05) is 6.07 Å². The second-order valence-corrected chi connectivity index (χ2v) is 6.47. The minimum atomic E-state index is -0.511. The predicted molar refractivity (Wildman–Crippen MR) is 85.3 cm³/mol. The van der Waals surface area contributed by atoms with Crippen LogP contribution in [0.5, 0.6) is 0 Å². The van der Waals surface area contributed by atoms with Crippen LogP contribution in [-0.4, -0.2) is 21.5 Å². The largest absolute Gasteiger partial charge is 0.299 e. The lowest BCUT2D eigenvalue weighted by molar-refractivity contribution is -0.114. The number of nitrogens with zero attached hydrogens (tertiary/aromatic N) is 3. The van der Waals surface area contributed by atoms with Gasteiger partial charge in [-0.25, -0.2) is 0 Å². The number of aromatic nitrogens is 2. The SMILES string of the molecule is Cc1nn(C)c(CN2C(=O)C(=O)c3cccc(Br)c32)c1Br. The maximum absolute atomic E-state index is 12.3. The van der Waals surface area contributed by atoms with E-state index in [1.165, 1.54) is 4.90 Å². The van der Waals surface area contributed by atoms with Gasteiger partial charge in [0.1, 0.15) is 0 Å². The van der Waals surface area contributed by atoms with Gasteiger partial charge in [0, 0.05) is 11.5 Å². The molecule has 108 valence electrons. The van der Waals surface area contributed by atoms with Gasteiger partial charge in [-0.15, -0.1) is 0 Å². The van der Waals surface area contributed by atoms with Crippen LogP contribution < -0.4 is 4.90 Å². The van der Waals surface area contributed by atoms with E-state index in [0.717, 1.165) is 20.3 Å². The number of hydrogen-bond donors (Lipinski definition) is 0. The lowest BCUT2D eigenvalue weighted by Crippen LogP contribution is -2.30. The lowest BCUT2D eigenvalue weighted by atomic mass is 10.1. The molecule has 1 aromatic carbocycles. The molecule has 0 bridgehead atoms. The zero-order valence-corrected chi connectivity index (χ0v) is 14.5. The summed E-state index contributed by atoms with van der Waals surface area (Å²) in [6.45, 7) is 2.17. The average molecular weight is 413 g/mol. The van der Waals surface area contributed by atoms with Gasteiger partial charge in [0.25, 0.3) is 11.7 Å². The molecule has 1 aliphatic rings. The van der Waals surface area contributed by atoms with Crippen LogP contribution >= 0.6 is 31.9 Å². The van der Waals surface area contributed by atoms with Gasteiger partial charge in [-0.05, 0) is 50.9 Å². The van der Waals surface area contributed by atoms with E-state index in [-0.39, 0.29) is 6.54 Å². The van der Waals surface area contributed by atoms with E-state index in [1.807, 2.05) is 20.0 Å². The van der Waals surface area contributed by atoms with Crippen molar-refractivity contribution in [1.82, 2.24) is 9.78 Å². The van der Waals surface area contributed by atoms with Gasteiger partial charge >= 0.3 is 0 Å². The third-order valence-corrected chi connectivity index (χ3v) is 5.18. The molecule has 1 aromatic heterocycles. The van der Waals surface area contributed by atoms with Crippen molar-refractivity contribution in [2.45, 2.75) is 13.5 Å². The highest BCUT2D eigenvalue weighted by molar-refractivity contribution is 9.11. The molecule has 0 atom stereocenters. The summed E-state index contributed by atoms with van der Waals surface area (Å²) in [7, 11) is 1.82. The summed E-state index contributed by atoms with van der Waals surface area (Å²) in [6.07, 6.45) is 0. The topological polar surface area (TPSA) is 55.2 Å². The molecule has 5 nitrogen and oxygen atoms in total. The van der Waals surface area contributed by atoms with E-state index in [0.29, 0.717) is 11.3 Å². The first-order valence-electron chi connectivity index (χ1n) is 6.24. The van der Waals surface area contributed by atoms with Crippen molar-refractivity contribution < 1.29 is 9.59 Å². The first-order chi connectivity index (χ1) is 9.91. The first-order valence-corrected chi connectivity index (χ1v) is 7.83. The molecule has 7 heteroatoms. The van der Waals surface area contributed by atoms with Crippen molar-refractivity contribution in [3.8, 4) is 0 Å². The maximum atomic E-state index is 12.3. The van der Waals surface area contributed by atoms with Crippen LogP contribution in [0, 0.1) is 6.92 Å². The van der Waals surface area contributed by atoms with Gasteiger partial charge in [0.2, 0.25) is 0 Å². The number of halogens is 2. The summed E-state index contributed by atoms with van der Waals surface area (Å²) in [6, 6.07) is 5.24. The summed E-state index contributed by atoms with van der Waals surface area (Å²) in [5.74, 6) is -0.982. The number of carbonyl (C=O) groups excluding carboxylic acids is 2. The summed E-state index contributed by atoms with van der Waals surface area (Å²) in [5, 5.41) is 4.31. The number of fused-ring (bicyclic) bond motifs is 1. The van der Waals surface area contributed by atoms with E-state index in [1.54, 1.807) is 16.8 Å². The Balaban J connectivity index is 2.08. The normalized spacial score (nSPS) is 14.0. The van der Waals surface area contributed by atoms with Gasteiger partial charge in [0.15, 0.2) is 0 Å².